The molecule has 1 rings (SSSR count). The van der Waals surface area contributed by atoms with Crippen molar-refractivity contribution in [2.75, 3.05) is 13.7 Å². The van der Waals surface area contributed by atoms with Crippen LogP contribution >= 0.6 is 0 Å². The van der Waals surface area contributed by atoms with Crippen LogP contribution in [0.1, 0.15) is 0 Å². The van der Waals surface area contributed by atoms with Crippen LogP contribution in [-0.2, 0) is 9.47 Å². The summed E-state index contributed by atoms with van der Waals surface area (Å²) in [6.45, 7) is -0.565. The summed E-state index contributed by atoms with van der Waals surface area (Å²) in [6.07, 6.45) is -7.06. The molecule has 1 aliphatic heterocycles. The van der Waals surface area contributed by atoms with Crippen molar-refractivity contribution in [2.45, 2.75) is 30.8 Å². The maximum absolute atomic E-state index is 13.1. The highest BCUT2D eigenvalue weighted by Crippen LogP contribution is 2.23. The second-order valence-corrected chi connectivity index (χ2v) is 2.89. The van der Waals surface area contributed by atoms with Crippen molar-refractivity contribution in [1.82, 2.24) is 0 Å². The van der Waals surface area contributed by atoms with Gasteiger partial charge in [0.25, 0.3) is 0 Å². The lowest BCUT2D eigenvalue weighted by Crippen LogP contribution is -2.57. The van der Waals surface area contributed by atoms with Crippen molar-refractivity contribution in [3.63, 3.8) is 0 Å². The van der Waals surface area contributed by atoms with Gasteiger partial charge in [0, 0.05) is 7.11 Å². The number of aliphatic hydroxyl groups excluding tert-OH is 3. The van der Waals surface area contributed by atoms with Gasteiger partial charge in [-0.1, -0.05) is 0 Å². The molecule has 78 valence electrons. The molecule has 0 amide bonds. The fourth-order valence-corrected chi connectivity index (χ4v) is 1.24. The summed E-state index contributed by atoms with van der Waals surface area (Å²) in [5.41, 5.74) is 0. The van der Waals surface area contributed by atoms with E-state index in [0.717, 1.165) is 0 Å². The van der Waals surface area contributed by atoms with Gasteiger partial charge in [0.05, 0.1) is 6.61 Å². The molecule has 0 aromatic heterocycles. The number of hydrogen-bond donors (Lipinski definition) is 3. The fourth-order valence-electron chi connectivity index (χ4n) is 1.24. The number of halogens is 1. The lowest BCUT2D eigenvalue weighted by molar-refractivity contribution is -0.283. The van der Waals surface area contributed by atoms with Gasteiger partial charge in [-0.05, 0) is 0 Å². The Morgan fingerprint density at radius 2 is 2.00 bits per heavy atom. The zero-order valence-corrected chi connectivity index (χ0v) is 7.13. The van der Waals surface area contributed by atoms with E-state index in [4.69, 9.17) is 14.9 Å². The van der Waals surface area contributed by atoms with Gasteiger partial charge in [0.1, 0.15) is 18.3 Å². The van der Waals surface area contributed by atoms with E-state index < -0.39 is 37.4 Å². The van der Waals surface area contributed by atoms with E-state index in [1.807, 2.05) is 0 Å². The van der Waals surface area contributed by atoms with Crippen LogP contribution < -0.4 is 0 Å². The summed E-state index contributed by atoms with van der Waals surface area (Å²) >= 11 is 0. The molecule has 13 heavy (non-hydrogen) atoms. The molecule has 5 nitrogen and oxygen atoms in total. The maximum Gasteiger partial charge on any atom is 0.186 e. The van der Waals surface area contributed by atoms with E-state index in [9.17, 15) is 9.50 Å². The molecule has 0 saturated carbocycles. The first-order valence-corrected chi connectivity index (χ1v) is 3.91. The molecule has 1 heterocycles. The summed E-state index contributed by atoms with van der Waals surface area (Å²) in [6, 6.07) is 0. The van der Waals surface area contributed by atoms with E-state index >= 15 is 0 Å². The Morgan fingerprint density at radius 1 is 1.38 bits per heavy atom. The summed E-state index contributed by atoms with van der Waals surface area (Å²) in [5.74, 6) is 0. The molecule has 0 radical (unpaired) electrons. The first-order valence-electron chi connectivity index (χ1n) is 3.91. The smallest absolute Gasteiger partial charge is 0.186 e. The van der Waals surface area contributed by atoms with Gasteiger partial charge >= 0.3 is 0 Å². The number of ether oxygens (including phenoxy) is 2. The first-order chi connectivity index (χ1) is 6.11. The molecule has 0 spiro atoms. The summed E-state index contributed by atoms with van der Waals surface area (Å²) in [7, 11) is 1.26. The van der Waals surface area contributed by atoms with Crippen molar-refractivity contribution in [3.05, 3.63) is 0 Å². The third-order valence-electron chi connectivity index (χ3n) is 2.03. The van der Waals surface area contributed by atoms with Crippen LogP contribution in [0, 0.1) is 0 Å². The topological polar surface area (TPSA) is 79.2 Å². The third kappa shape index (κ3) is 1.97. The second kappa shape index (κ2) is 4.30. The van der Waals surface area contributed by atoms with Crippen LogP contribution in [0.5, 0.6) is 0 Å². The molecule has 0 aromatic carbocycles. The molecule has 0 bridgehead atoms. The molecule has 3 N–H and O–H groups in total. The van der Waals surface area contributed by atoms with E-state index in [1.54, 1.807) is 0 Å². The number of methoxy groups -OCH3 is 1. The van der Waals surface area contributed by atoms with E-state index in [-0.39, 0.29) is 0 Å². The van der Waals surface area contributed by atoms with Crippen LogP contribution in [0.4, 0.5) is 4.39 Å². The Morgan fingerprint density at radius 3 is 2.46 bits per heavy atom. The van der Waals surface area contributed by atoms with Crippen molar-refractivity contribution in [3.8, 4) is 0 Å². The normalized spacial score (nSPS) is 46.4. The van der Waals surface area contributed by atoms with Gasteiger partial charge in [-0.2, -0.15) is 0 Å². The Kier molecular flexibility index (Phi) is 3.57. The minimum Gasteiger partial charge on any atom is -0.394 e. The highest BCUT2D eigenvalue weighted by molar-refractivity contribution is 4.88. The van der Waals surface area contributed by atoms with Crippen molar-refractivity contribution >= 4 is 0 Å². The maximum atomic E-state index is 13.1. The molecule has 0 aromatic rings. The van der Waals surface area contributed by atoms with Crippen LogP contribution in [0.2, 0.25) is 0 Å². The summed E-state index contributed by atoms with van der Waals surface area (Å²) < 4.78 is 22.5. The lowest BCUT2D eigenvalue weighted by Gasteiger charge is -2.37. The predicted molar refractivity (Wildman–Crippen MR) is 39.7 cm³/mol. The Labute approximate surface area is 74.7 Å². The zero-order chi connectivity index (χ0) is 10.0. The molecule has 5 atom stereocenters. The van der Waals surface area contributed by atoms with Crippen molar-refractivity contribution in [1.29, 1.82) is 0 Å². The van der Waals surface area contributed by atoms with Gasteiger partial charge in [-0.15, -0.1) is 0 Å². The van der Waals surface area contributed by atoms with Gasteiger partial charge in [0.2, 0.25) is 0 Å². The van der Waals surface area contributed by atoms with E-state index in [1.165, 1.54) is 7.11 Å². The Balaban J connectivity index is 2.66. The molecular weight excluding hydrogens is 183 g/mol. The predicted octanol–water partition coefficient (Wildman–Crippen LogP) is -1.59. The highest BCUT2D eigenvalue weighted by Gasteiger charge is 2.44. The van der Waals surface area contributed by atoms with Gasteiger partial charge in [0.15, 0.2) is 12.5 Å². The number of alkyl halides is 1. The van der Waals surface area contributed by atoms with Gasteiger partial charge < -0.3 is 24.8 Å². The summed E-state index contributed by atoms with van der Waals surface area (Å²) in [5, 5.41) is 27.0. The minimum absolute atomic E-state index is 0.565. The van der Waals surface area contributed by atoms with Gasteiger partial charge in [-0.25, -0.2) is 4.39 Å². The average Bonchev–Trinajstić information content (AvgIpc) is 2.15. The third-order valence-corrected chi connectivity index (χ3v) is 2.03. The highest BCUT2D eigenvalue weighted by atomic mass is 19.1. The molecule has 1 saturated heterocycles. The molecule has 0 unspecified atom stereocenters. The van der Waals surface area contributed by atoms with E-state index in [2.05, 4.69) is 4.74 Å². The molecule has 6 heteroatoms. The van der Waals surface area contributed by atoms with E-state index in [0.29, 0.717) is 0 Å². The molecule has 1 aliphatic rings. The zero-order valence-electron chi connectivity index (χ0n) is 7.13. The van der Waals surface area contributed by atoms with Gasteiger partial charge in [-0.3, -0.25) is 0 Å². The van der Waals surface area contributed by atoms with Crippen molar-refractivity contribution in [2.24, 2.45) is 0 Å². The average molecular weight is 196 g/mol. The number of aliphatic hydroxyl groups is 3. The van der Waals surface area contributed by atoms with Crippen molar-refractivity contribution < 1.29 is 29.2 Å². The Bertz CT molecular complexity index is 147. The molecular formula is C7H13FO5. The first kappa shape index (κ1) is 10.8. The summed E-state index contributed by atoms with van der Waals surface area (Å²) in [4.78, 5) is 0. The SMILES string of the molecule is CO[C@H]1O[C@H](CO)[C@@H](F)[C@H](O)[C@H]1O. The molecule has 1 fully saturated rings. The standard InChI is InChI=1S/C7H13FO5/c1-12-7-6(11)5(10)4(8)3(2-9)13-7/h3-7,9-11H,2H2,1H3/t3-,4-,5+,6-,7+/m1/s1. The number of rotatable bonds is 2. The van der Waals surface area contributed by atoms with Crippen LogP contribution in [0.15, 0.2) is 0 Å². The fraction of sp³-hybridized carbons (Fsp3) is 1.00. The Hall–Kier alpha value is -0.270. The second-order valence-electron chi connectivity index (χ2n) is 2.89. The van der Waals surface area contributed by atoms with Crippen LogP contribution in [0.25, 0.3) is 0 Å². The van der Waals surface area contributed by atoms with Crippen LogP contribution in [0.3, 0.4) is 0 Å². The monoisotopic (exact) mass is 196 g/mol. The lowest BCUT2D eigenvalue weighted by atomic mass is 10.0. The largest absolute Gasteiger partial charge is 0.394 e. The minimum atomic E-state index is -1.80. The number of hydrogen-bond acceptors (Lipinski definition) is 5. The molecule has 0 aliphatic carbocycles. The van der Waals surface area contributed by atoms with Crippen LogP contribution in [-0.4, -0.2) is 59.8 Å². The quantitative estimate of drug-likeness (QED) is 0.496.